The normalized spacial score (nSPS) is 15.9. The number of halogens is 1. The van der Waals surface area contributed by atoms with Crippen molar-refractivity contribution in [2.45, 2.75) is 0 Å². The summed E-state index contributed by atoms with van der Waals surface area (Å²) >= 11 is 3.34. The van der Waals surface area contributed by atoms with E-state index in [1.165, 1.54) is 0 Å². The summed E-state index contributed by atoms with van der Waals surface area (Å²) in [6.45, 7) is -0.692. The van der Waals surface area contributed by atoms with Crippen LogP contribution in [0.1, 0.15) is 41.4 Å². The van der Waals surface area contributed by atoms with Crippen LogP contribution in [0.4, 0.5) is 0 Å². The van der Waals surface area contributed by atoms with E-state index in [0.717, 1.165) is 9.80 Å². The van der Waals surface area contributed by atoms with Crippen molar-refractivity contribution in [2.24, 2.45) is 5.41 Å². The van der Waals surface area contributed by atoms with E-state index in [1.807, 2.05) is 0 Å². The molecule has 2 aromatic rings. The van der Waals surface area contributed by atoms with E-state index in [-0.39, 0.29) is 18.4 Å². The Labute approximate surface area is 175 Å². The van der Waals surface area contributed by atoms with Crippen LogP contribution < -0.4 is 0 Å². The average molecular weight is 457 g/mol. The zero-order valence-corrected chi connectivity index (χ0v) is 16.9. The molecule has 0 spiro atoms. The largest absolute Gasteiger partial charge is 0.396 e. The number of alkyl halides is 1. The molecule has 4 amide bonds. The standard InChI is InChI=1S/C21H17BrN2O5/c22-9-21(12-25,10-23-17(26)13-5-1-2-6-14(13)18(23)27)11-24-19(28)15-7-3-4-8-16(15)20(24)29/h1-8,25H,9-12H2. The van der Waals surface area contributed by atoms with Crippen molar-refractivity contribution < 1.29 is 24.3 Å². The van der Waals surface area contributed by atoms with Crippen LogP contribution >= 0.6 is 15.9 Å². The minimum Gasteiger partial charge on any atom is -0.396 e. The van der Waals surface area contributed by atoms with E-state index in [1.54, 1.807) is 48.5 Å². The van der Waals surface area contributed by atoms with Gasteiger partial charge in [-0.15, -0.1) is 0 Å². The highest BCUT2D eigenvalue weighted by Gasteiger charge is 2.45. The second-order valence-electron chi connectivity index (χ2n) is 7.28. The van der Waals surface area contributed by atoms with E-state index in [0.29, 0.717) is 22.3 Å². The Kier molecular flexibility index (Phi) is 4.84. The van der Waals surface area contributed by atoms with Gasteiger partial charge in [-0.1, -0.05) is 40.2 Å². The Morgan fingerprint density at radius 3 is 1.24 bits per heavy atom. The number of aliphatic hydroxyl groups excluding tert-OH is 1. The number of imide groups is 2. The summed E-state index contributed by atoms with van der Waals surface area (Å²) in [5.74, 6) is -1.81. The van der Waals surface area contributed by atoms with Gasteiger partial charge in [-0.3, -0.25) is 29.0 Å². The lowest BCUT2D eigenvalue weighted by atomic mass is 9.90. The maximum Gasteiger partial charge on any atom is 0.261 e. The molecular weight excluding hydrogens is 440 g/mol. The fraction of sp³-hybridized carbons (Fsp3) is 0.238. The van der Waals surface area contributed by atoms with Gasteiger partial charge in [0, 0.05) is 23.8 Å². The molecule has 29 heavy (non-hydrogen) atoms. The monoisotopic (exact) mass is 456 g/mol. The van der Waals surface area contributed by atoms with Gasteiger partial charge in [-0.25, -0.2) is 0 Å². The number of rotatable bonds is 6. The molecule has 2 aliphatic rings. The zero-order chi connectivity index (χ0) is 20.8. The van der Waals surface area contributed by atoms with Gasteiger partial charge < -0.3 is 5.11 Å². The number of hydrogen-bond donors (Lipinski definition) is 1. The van der Waals surface area contributed by atoms with Crippen LogP contribution in [-0.4, -0.2) is 63.6 Å². The van der Waals surface area contributed by atoms with Crippen LogP contribution in [0.5, 0.6) is 0 Å². The van der Waals surface area contributed by atoms with Crippen LogP contribution in [0.15, 0.2) is 48.5 Å². The van der Waals surface area contributed by atoms with Gasteiger partial charge in [0.2, 0.25) is 0 Å². The molecule has 0 aromatic heterocycles. The number of carbonyl (C=O) groups excluding carboxylic acids is 4. The molecule has 0 saturated carbocycles. The number of benzene rings is 2. The summed E-state index contributed by atoms with van der Waals surface area (Å²) in [6, 6.07) is 13.0. The molecule has 0 saturated heterocycles. The van der Waals surface area contributed by atoms with Crippen LogP contribution in [0, 0.1) is 5.41 Å². The molecule has 0 unspecified atom stereocenters. The van der Waals surface area contributed by atoms with Crippen molar-refractivity contribution >= 4 is 39.6 Å². The summed E-state index contributed by atoms with van der Waals surface area (Å²) < 4.78 is 0. The molecule has 0 atom stereocenters. The van der Waals surface area contributed by atoms with E-state index in [2.05, 4.69) is 15.9 Å². The highest BCUT2D eigenvalue weighted by Crippen LogP contribution is 2.32. The van der Waals surface area contributed by atoms with Gasteiger partial charge in [0.15, 0.2) is 0 Å². The van der Waals surface area contributed by atoms with Gasteiger partial charge >= 0.3 is 0 Å². The highest BCUT2D eigenvalue weighted by molar-refractivity contribution is 9.09. The van der Waals surface area contributed by atoms with Crippen molar-refractivity contribution in [3.63, 3.8) is 0 Å². The zero-order valence-electron chi connectivity index (χ0n) is 15.3. The molecule has 148 valence electrons. The molecule has 0 fully saturated rings. The van der Waals surface area contributed by atoms with Crippen LogP contribution in [0.3, 0.4) is 0 Å². The van der Waals surface area contributed by atoms with Crippen molar-refractivity contribution in [3.05, 3.63) is 70.8 Å². The second kappa shape index (κ2) is 7.20. The summed E-state index contributed by atoms with van der Waals surface area (Å²) in [7, 11) is 0. The Hall–Kier alpha value is -2.84. The first-order valence-electron chi connectivity index (χ1n) is 9.00. The third-order valence-corrected chi connectivity index (χ3v) is 6.55. The number of aliphatic hydroxyl groups is 1. The van der Waals surface area contributed by atoms with Crippen LogP contribution in [0.2, 0.25) is 0 Å². The fourth-order valence-corrected chi connectivity index (χ4v) is 4.25. The minimum atomic E-state index is -1.10. The van der Waals surface area contributed by atoms with Crippen LogP contribution in [0.25, 0.3) is 0 Å². The third-order valence-electron chi connectivity index (χ3n) is 5.36. The second-order valence-corrected chi connectivity index (χ2v) is 7.84. The minimum absolute atomic E-state index is 0.130. The predicted octanol–water partition coefficient (Wildman–Crippen LogP) is 1.95. The Bertz CT molecular complexity index is 897. The number of amides is 4. The third kappa shape index (κ3) is 2.99. The fourth-order valence-electron chi connectivity index (χ4n) is 3.71. The van der Waals surface area contributed by atoms with Crippen molar-refractivity contribution in [3.8, 4) is 0 Å². The first-order valence-corrected chi connectivity index (χ1v) is 10.1. The summed E-state index contributed by atoms with van der Waals surface area (Å²) in [5, 5.41) is 10.3. The maximum atomic E-state index is 12.7. The molecule has 7 nitrogen and oxygen atoms in total. The quantitative estimate of drug-likeness (QED) is 0.529. The summed E-state index contributed by atoms with van der Waals surface area (Å²) in [5.41, 5.74) is 0.124. The van der Waals surface area contributed by atoms with Gasteiger partial charge in [-0.2, -0.15) is 0 Å². The Morgan fingerprint density at radius 1 is 0.690 bits per heavy atom. The van der Waals surface area contributed by atoms with Gasteiger partial charge in [0.25, 0.3) is 23.6 Å². The van der Waals surface area contributed by atoms with Gasteiger partial charge in [-0.05, 0) is 24.3 Å². The lowest BCUT2D eigenvalue weighted by Gasteiger charge is -2.35. The Morgan fingerprint density at radius 2 is 1.00 bits per heavy atom. The van der Waals surface area contributed by atoms with Gasteiger partial charge in [0.1, 0.15) is 0 Å². The topological polar surface area (TPSA) is 95.0 Å². The van der Waals surface area contributed by atoms with Crippen LogP contribution in [-0.2, 0) is 0 Å². The lowest BCUT2D eigenvalue weighted by Crippen LogP contribution is -2.51. The van der Waals surface area contributed by atoms with Crippen molar-refractivity contribution in [1.29, 1.82) is 0 Å². The molecule has 8 heteroatoms. The molecule has 2 heterocycles. The summed E-state index contributed by atoms with van der Waals surface area (Å²) in [6.07, 6.45) is 0. The van der Waals surface area contributed by atoms with E-state index < -0.39 is 35.7 Å². The van der Waals surface area contributed by atoms with E-state index in [4.69, 9.17) is 0 Å². The molecule has 4 rings (SSSR count). The highest BCUT2D eigenvalue weighted by atomic mass is 79.9. The van der Waals surface area contributed by atoms with E-state index >= 15 is 0 Å². The van der Waals surface area contributed by atoms with E-state index in [9.17, 15) is 24.3 Å². The maximum absolute atomic E-state index is 12.7. The SMILES string of the molecule is O=C1c2ccccc2C(=O)N1CC(CO)(CBr)CN1C(=O)c2ccccc2C1=O. The number of hydrogen-bond acceptors (Lipinski definition) is 5. The van der Waals surface area contributed by atoms with Gasteiger partial charge in [0.05, 0.1) is 28.9 Å². The smallest absolute Gasteiger partial charge is 0.261 e. The van der Waals surface area contributed by atoms with Crippen molar-refractivity contribution in [1.82, 2.24) is 9.80 Å². The molecule has 0 bridgehead atoms. The molecule has 2 aromatic carbocycles. The Balaban J connectivity index is 1.62. The molecule has 0 aliphatic carbocycles. The number of carbonyl (C=O) groups is 4. The first-order chi connectivity index (χ1) is 13.9. The predicted molar refractivity (Wildman–Crippen MR) is 107 cm³/mol. The number of nitrogens with zero attached hydrogens (tertiary/aromatic N) is 2. The van der Waals surface area contributed by atoms with Crippen molar-refractivity contribution in [2.75, 3.05) is 25.0 Å². The lowest BCUT2D eigenvalue weighted by molar-refractivity contribution is 0.0374. The summed E-state index contributed by atoms with van der Waals surface area (Å²) in [4.78, 5) is 53.0. The molecule has 0 radical (unpaired) electrons. The number of fused-ring (bicyclic) bond motifs is 2. The molecular formula is C21H17BrN2O5. The first kappa shape index (κ1) is 19.5. The average Bonchev–Trinajstić information content (AvgIpc) is 3.14. The molecule has 2 aliphatic heterocycles. The molecule has 1 N–H and O–H groups in total.